The van der Waals surface area contributed by atoms with Gasteiger partial charge >= 0.3 is 0 Å². The van der Waals surface area contributed by atoms with Crippen LogP contribution in [0.1, 0.15) is 18.1 Å². The predicted molar refractivity (Wildman–Crippen MR) is 72.2 cm³/mol. The van der Waals surface area contributed by atoms with Crippen molar-refractivity contribution in [3.05, 3.63) is 47.8 Å². The number of terminal acetylenes is 1. The summed E-state index contributed by atoms with van der Waals surface area (Å²) in [5, 5.41) is 0. The molecular formula is C14H15FS. The number of thiol groups is 1. The molecule has 2 heteroatoms. The van der Waals surface area contributed by atoms with Gasteiger partial charge in [-0.3, -0.25) is 0 Å². The lowest BCUT2D eigenvalue weighted by Crippen LogP contribution is -1.78. The van der Waals surface area contributed by atoms with Crippen LogP contribution in [0.15, 0.2) is 41.6 Å². The number of benzene rings is 1. The molecule has 0 aromatic heterocycles. The van der Waals surface area contributed by atoms with Crippen LogP contribution in [0.2, 0.25) is 0 Å². The van der Waals surface area contributed by atoms with Crippen molar-refractivity contribution in [3.8, 4) is 12.3 Å². The van der Waals surface area contributed by atoms with Gasteiger partial charge in [-0.15, -0.1) is 25.0 Å². The first-order chi connectivity index (χ1) is 7.51. The Morgan fingerprint density at radius 3 is 2.56 bits per heavy atom. The van der Waals surface area contributed by atoms with E-state index in [0.29, 0.717) is 0 Å². The Morgan fingerprint density at radius 2 is 2.12 bits per heavy atom. The van der Waals surface area contributed by atoms with Crippen LogP contribution in [0.5, 0.6) is 0 Å². The monoisotopic (exact) mass is 234 g/mol. The highest BCUT2D eigenvalue weighted by molar-refractivity contribution is 7.80. The quantitative estimate of drug-likeness (QED) is 0.437. The zero-order chi connectivity index (χ0) is 12.6. The summed E-state index contributed by atoms with van der Waals surface area (Å²) in [5.74, 6) is 1.81. The highest BCUT2D eigenvalue weighted by Gasteiger charge is 1.93. The second kappa shape index (κ2) is 7.78. The maximum Gasteiger partial charge on any atom is 0.116 e. The Hall–Kier alpha value is -1.46. The van der Waals surface area contributed by atoms with Gasteiger partial charge in [0.1, 0.15) is 5.83 Å². The van der Waals surface area contributed by atoms with Crippen molar-refractivity contribution in [2.24, 2.45) is 0 Å². The molecule has 0 unspecified atom stereocenters. The van der Waals surface area contributed by atoms with E-state index in [1.165, 1.54) is 6.08 Å². The summed E-state index contributed by atoms with van der Waals surface area (Å²) in [7, 11) is 0. The summed E-state index contributed by atoms with van der Waals surface area (Å²) < 4.78 is 12.3. The number of allylic oxidation sites excluding steroid dienone is 2. The summed E-state index contributed by atoms with van der Waals surface area (Å²) in [6, 6.07) is 5.72. The minimum Gasteiger partial charge on any atom is -0.208 e. The van der Waals surface area contributed by atoms with Gasteiger partial charge in [0.05, 0.1) is 0 Å². The Kier molecular flexibility index (Phi) is 7.07. The van der Waals surface area contributed by atoms with E-state index in [1.807, 2.05) is 25.1 Å². The average Bonchev–Trinajstić information content (AvgIpc) is 2.21. The molecule has 0 N–H and O–H groups in total. The molecule has 0 radical (unpaired) electrons. The lowest BCUT2D eigenvalue weighted by Gasteiger charge is -1.99. The van der Waals surface area contributed by atoms with E-state index in [9.17, 15) is 4.39 Å². The average molecular weight is 234 g/mol. The van der Waals surface area contributed by atoms with E-state index in [1.54, 1.807) is 13.0 Å². The number of hydrogen-bond acceptors (Lipinski definition) is 1. The zero-order valence-electron chi connectivity index (χ0n) is 9.50. The lowest BCUT2D eigenvalue weighted by molar-refractivity contribution is 0.672. The topological polar surface area (TPSA) is 0 Å². The third kappa shape index (κ3) is 6.10. The third-order valence-electron chi connectivity index (χ3n) is 1.68. The number of hydrogen-bond donors (Lipinski definition) is 1. The van der Waals surface area contributed by atoms with E-state index in [0.717, 1.165) is 16.0 Å². The van der Waals surface area contributed by atoms with Crippen LogP contribution in [0.3, 0.4) is 0 Å². The van der Waals surface area contributed by atoms with Crippen molar-refractivity contribution in [3.63, 3.8) is 0 Å². The SMILES string of the molecule is C#CC.C=C(F)/C=C/c1ccc(S)c(C)c1. The zero-order valence-corrected chi connectivity index (χ0v) is 10.4. The summed E-state index contributed by atoms with van der Waals surface area (Å²) >= 11 is 4.24. The predicted octanol–water partition coefficient (Wildman–Crippen LogP) is 4.42. The Balaban J connectivity index is 0.000000673. The first-order valence-electron chi connectivity index (χ1n) is 4.70. The molecule has 0 aliphatic rings. The van der Waals surface area contributed by atoms with Gasteiger partial charge < -0.3 is 0 Å². The number of rotatable bonds is 2. The highest BCUT2D eigenvalue weighted by atomic mass is 32.1. The van der Waals surface area contributed by atoms with Gasteiger partial charge in [0.15, 0.2) is 0 Å². The van der Waals surface area contributed by atoms with Crippen LogP contribution >= 0.6 is 12.6 Å². The fraction of sp³-hybridized carbons (Fsp3) is 0.143. The second-order valence-corrected chi connectivity index (χ2v) is 3.60. The van der Waals surface area contributed by atoms with Gasteiger partial charge in [0.2, 0.25) is 0 Å². The molecule has 0 heterocycles. The van der Waals surface area contributed by atoms with Crippen LogP contribution in [0.25, 0.3) is 6.08 Å². The van der Waals surface area contributed by atoms with E-state index in [4.69, 9.17) is 0 Å². The van der Waals surface area contributed by atoms with E-state index >= 15 is 0 Å². The van der Waals surface area contributed by atoms with Crippen LogP contribution in [0.4, 0.5) is 4.39 Å². The standard InChI is InChI=1S/C11H11FS.C3H4/c1-8-7-10(4-3-9(2)12)5-6-11(8)13;1-3-2/h3-7,13H,2H2,1H3;1H,2H3/b4-3+;. The summed E-state index contributed by atoms with van der Waals surface area (Å²) in [5.41, 5.74) is 2.03. The molecule has 1 aromatic carbocycles. The summed E-state index contributed by atoms with van der Waals surface area (Å²) in [6.45, 7) is 6.76. The molecule has 0 spiro atoms. The molecule has 16 heavy (non-hydrogen) atoms. The molecule has 84 valence electrons. The molecule has 0 saturated heterocycles. The minimum absolute atomic E-state index is 0.437. The Morgan fingerprint density at radius 1 is 1.56 bits per heavy atom. The minimum atomic E-state index is -0.437. The van der Waals surface area contributed by atoms with Gasteiger partial charge in [-0.1, -0.05) is 24.8 Å². The maximum absolute atomic E-state index is 12.3. The van der Waals surface area contributed by atoms with E-state index < -0.39 is 5.83 Å². The molecular weight excluding hydrogens is 219 g/mol. The van der Waals surface area contributed by atoms with Crippen molar-refractivity contribution < 1.29 is 4.39 Å². The van der Waals surface area contributed by atoms with Gasteiger partial charge in [0.25, 0.3) is 0 Å². The van der Waals surface area contributed by atoms with E-state index in [2.05, 4.69) is 31.6 Å². The van der Waals surface area contributed by atoms with Crippen molar-refractivity contribution in [2.75, 3.05) is 0 Å². The molecule has 1 aromatic rings. The van der Waals surface area contributed by atoms with Gasteiger partial charge in [-0.05, 0) is 37.1 Å². The van der Waals surface area contributed by atoms with Crippen molar-refractivity contribution in [1.29, 1.82) is 0 Å². The van der Waals surface area contributed by atoms with Gasteiger partial charge in [-0.25, -0.2) is 4.39 Å². The molecule has 0 bridgehead atoms. The number of halogens is 1. The molecule has 1 rings (SSSR count). The fourth-order valence-corrected chi connectivity index (χ4v) is 1.11. The van der Waals surface area contributed by atoms with Crippen LogP contribution in [-0.4, -0.2) is 0 Å². The Labute approximate surface area is 102 Å². The molecule has 0 amide bonds. The fourth-order valence-electron chi connectivity index (χ4n) is 0.969. The van der Waals surface area contributed by atoms with Gasteiger partial charge in [-0.2, -0.15) is 0 Å². The second-order valence-electron chi connectivity index (χ2n) is 3.11. The third-order valence-corrected chi connectivity index (χ3v) is 2.18. The first-order valence-corrected chi connectivity index (χ1v) is 5.15. The molecule has 0 nitrogen and oxygen atoms in total. The first kappa shape index (κ1) is 14.5. The molecule has 0 fully saturated rings. The Bertz CT molecular complexity index is 425. The summed E-state index contributed by atoms with van der Waals surface area (Å²) in [4.78, 5) is 0.941. The molecule has 0 atom stereocenters. The molecule has 0 saturated carbocycles. The van der Waals surface area contributed by atoms with Gasteiger partial charge in [0, 0.05) is 4.90 Å². The lowest BCUT2D eigenvalue weighted by atomic mass is 10.1. The van der Waals surface area contributed by atoms with Crippen molar-refractivity contribution >= 4 is 18.7 Å². The smallest absolute Gasteiger partial charge is 0.116 e. The van der Waals surface area contributed by atoms with Crippen LogP contribution < -0.4 is 0 Å². The highest BCUT2D eigenvalue weighted by Crippen LogP contribution is 2.15. The largest absolute Gasteiger partial charge is 0.208 e. The summed E-state index contributed by atoms with van der Waals surface area (Å²) in [6.07, 6.45) is 7.62. The molecule has 0 aliphatic heterocycles. The number of aryl methyl sites for hydroxylation is 1. The van der Waals surface area contributed by atoms with Crippen LogP contribution in [-0.2, 0) is 0 Å². The molecule has 0 aliphatic carbocycles. The normalized spacial score (nSPS) is 9.19. The van der Waals surface area contributed by atoms with Crippen molar-refractivity contribution in [1.82, 2.24) is 0 Å². The maximum atomic E-state index is 12.3. The van der Waals surface area contributed by atoms with Crippen LogP contribution in [0, 0.1) is 19.3 Å². The van der Waals surface area contributed by atoms with Crippen molar-refractivity contribution in [2.45, 2.75) is 18.7 Å². The van der Waals surface area contributed by atoms with E-state index in [-0.39, 0.29) is 0 Å².